The van der Waals surface area contributed by atoms with Gasteiger partial charge in [-0.1, -0.05) is 18.2 Å². The SMILES string of the molecule is C=CS(=O)(=O)c1ccc(N=Nc2c(SOOO)cc3cc(S(=O)(=O)O)c(N=Nc4ccc(S(=O)(=O)C=C)cc4)c(O)c3c2N)cc1. The van der Waals surface area contributed by atoms with Crippen LogP contribution >= 0.6 is 12.0 Å². The van der Waals surface area contributed by atoms with E-state index in [1.807, 2.05) is 0 Å². The van der Waals surface area contributed by atoms with E-state index in [1.165, 1.54) is 54.6 Å². The van der Waals surface area contributed by atoms with Crippen LogP contribution in [-0.2, 0) is 39.2 Å². The number of nitrogens with two attached hydrogens (primary N) is 1. The van der Waals surface area contributed by atoms with Gasteiger partial charge in [0, 0.05) is 10.8 Å². The largest absolute Gasteiger partial charge is 0.505 e. The molecule has 4 aromatic carbocycles. The van der Waals surface area contributed by atoms with Crippen molar-refractivity contribution in [3.8, 4) is 5.75 Å². The monoisotopic (exact) mass is 707 g/mol. The van der Waals surface area contributed by atoms with Gasteiger partial charge in [0.1, 0.15) is 16.3 Å². The molecule has 0 bridgehead atoms. The Morgan fingerprint density at radius 2 is 1.24 bits per heavy atom. The molecule has 5 N–H and O–H groups in total. The Hall–Kier alpha value is -4.54. The van der Waals surface area contributed by atoms with Gasteiger partial charge in [-0.25, -0.2) is 22.1 Å². The summed E-state index contributed by atoms with van der Waals surface area (Å²) in [6.45, 7) is 6.50. The fourth-order valence-electron chi connectivity index (χ4n) is 3.84. The average molecular weight is 708 g/mol. The van der Waals surface area contributed by atoms with E-state index >= 15 is 0 Å². The van der Waals surface area contributed by atoms with Gasteiger partial charge in [-0.05, 0) is 66.0 Å². The van der Waals surface area contributed by atoms with Gasteiger partial charge in [0.2, 0.25) is 0 Å². The minimum Gasteiger partial charge on any atom is -0.505 e. The predicted octanol–water partition coefficient (Wildman–Crippen LogP) is 6.47. The Balaban J connectivity index is 1.88. The molecular formula is C26H21N5O11S4. The van der Waals surface area contributed by atoms with Crippen LogP contribution in [-0.4, -0.2) is 40.2 Å². The Bertz CT molecular complexity index is 2240. The number of phenolic OH excluding ortho intramolecular Hbond substituents is 1. The fourth-order valence-corrected chi connectivity index (χ4v) is 6.42. The van der Waals surface area contributed by atoms with Crippen LogP contribution < -0.4 is 5.73 Å². The minimum atomic E-state index is -5.04. The zero-order valence-electron chi connectivity index (χ0n) is 22.9. The molecule has 16 nitrogen and oxygen atoms in total. The third-order valence-corrected chi connectivity index (χ3v) is 10.3. The molecule has 0 aliphatic carbocycles. The lowest BCUT2D eigenvalue weighted by Crippen LogP contribution is -2.00. The summed E-state index contributed by atoms with van der Waals surface area (Å²) in [6.07, 6.45) is 0. The van der Waals surface area contributed by atoms with Crippen LogP contribution in [0.1, 0.15) is 0 Å². The lowest BCUT2D eigenvalue weighted by Gasteiger charge is -2.14. The van der Waals surface area contributed by atoms with Crippen LogP contribution in [0.5, 0.6) is 5.75 Å². The third-order valence-electron chi connectivity index (χ3n) is 6.05. The number of nitrogens with zero attached hydrogens (tertiary/aromatic N) is 4. The van der Waals surface area contributed by atoms with E-state index in [4.69, 9.17) is 11.0 Å². The van der Waals surface area contributed by atoms with E-state index in [9.17, 15) is 34.9 Å². The summed E-state index contributed by atoms with van der Waals surface area (Å²) in [4.78, 5) is -1.02. The number of sulfone groups is 2. The minimum absolute atomic E-state index is 0.0155. The molecule has 0 heterocycles. The van der Waals surface area contributed by atoms with Gasteiger partial charge in [-0.15, -0.1) is 14.6 Å². The molecule has 0 aromatic heterocycles. The Morgan fingerprint density at radius 3 is 1.67 bits per heavy atom. The van der Waals surface area contributed by atoms with Gasteiger partial charge < -0.3 is 10.8 Å². The maximum Gasteiger partial charge on any atom is 0.296 e. The maximum absolute atomic E-state index is 12.3. The molecule has 0 fully saturated rings. The number of benzene rings is 4. The number of phenols is 1. The number of hydrogen-bond donors (Lipinski definition) is 4. The van der Waals surface area contributed by atoms with Crippen LogP contribution in [0.4, 0.5) is 28.4 Å². The van der Waals surface area contributed by atoms with Gasteiger partial charge in [0.25, 0.3) is 10.1 Å². The predicted molar refractivity (Wildman–Crippen MR) is 166 cm³/mol. The highest BCUT2D eigenvalue weighted by Gasteiger charge is 2.26. The first-order chi connectivity index (χ1) is 21.6. The molecule has 0 atom stereocenters. The standard InChI is InChI=1S/C26H21N5O11S4/c1-3-44(34,35)18-9-5-16(6-10-18)28-30-24-20(43-42-41-33)13-15-14-21(46(38,39)40)25(26(32)22(15)23(24)27)31-29-17-7-11-19(12-8-17)45(36,37)4-2/h3-14,32-33H,1-2,27H2,(H,38,39,40). The van der Waals surface area contributed by atoms with Gasteiger partial charge in [-0.2, -0.15) is 18.6 Å². The second-order valence-electron chi connectivity index (χ2n) is 8.82. The molecule has 0 aliphatic rings. The van der Waals surface area contributed by atoms with Gasteiger partial charge in [0.15, 0.2) is 25.4 Å². The lowest BCUT2D eigenvalue weighted by molar-refractivity contribution is -0.432. The van der Waals surface area contributed by atoms with E-state index in [0.29, 0.717) is 12.0 Å². The number of azo groups is 2. The summed E-state index contributed by atoms with van der Waals surface area (Å²) in [5, 5.41) is 40.5. The molecule has 46 heavy (non-hydrogen) atoms. The van der Waals surface area contributed by atoms with Crippen molar-refractivity contribution in [2.24, 2.45) is 20.5 Å². The van der Waals surface area contributed by atoms with Crippen molar-refractivity contribution in [1.82, 2.24) is 0 Å². The molecule has 0 amide bonds. The quantitative estimate of drug-likeness (QED) is 0.0308. The molecule has 0 unspecified atom stereocenters. The number of rotatable bonds is 12. The van der Waals surface area contributed by atoms with E-state index < -0.39 is 46.1 Å². The second kappa shape index (κ2) is 13.4. The van der Waals surface area contributed by atoms with Crippen molar-refractivity contribution in [2.75, 3.05) is 5.73 Å². The van der Waals surface area contributed by atoms with Crippen LogP contribution in [0, 0.1) is 0 Å². The van der Waals surface area contributed by atoms with Crippen LogP contribution in [0.25, 0.3) is 10.8 Å². The Kier molecular flexibility index (Phi) is 10.0. The molecular weight excluding hydrogens is 687 g/mol. The number of nitrogen functional groups attached to an aromatic ring is 1. The first-order valence-electron chi connectivity index (χ1n) is 12.2. The molecule has 4 aromatic rings. The average Bonchev–Trinajstić information content (AvgIpc) is 3.02. The molecule has 0 saturated carbocycles. The highest BCUT2D eigenvalue weighted by molar-refractivity contribution is 7.95. The molecule has 20 heteroatoms. The maximum atomic E-state index is 12.3. The molecule has 0 saturated heterocycles. The Morgan fingerprint density at radius 1 is 0.761 bits per heavy atom. The van der Waals surface area contributed by atoms with Crippen LogP contribution in [0.2, 0.25) is 0 Å². The molecule has 4 rings (SSSR count). The summed E-state index contributed by atoms with van der Waals surface area (Å²) in [7, 11) is -12.5. The summed E-state index contributed by atoms with van der Waals surface area (Å²) in [5.41, 5.74) is 5.36. The highest BCUT2D eigenvalue weighted by Crippen LogP contribution is 2.49. The van der Waals surface area contributed by atoms with Crippen molar-refractivity contribution < 1.29 is 49.5 Å². The highest BCUT2D eigenvalue weighted by atomic mass is 32.2. The molecule has 0 aliphatic heterocycles. The van der Waals surface area contributed by atoms with Crippen molar-refractivity contribution in [2.45, 2.75) is 19.6 Å². The number of fused-ring (bicyclic) bond motifs is 1. The van der Waals surface area contributed by atoms with Crippen molar-refractivity contribution >= 4 is 81.0 Å². The van der Waals surface area contributed by atoms with Gasteiger partial charge in [0.05, 0.1) is 49.2 Å². The first kappa shape index (κ1) is 34.3. The van der Waals surface area contributed by atoms with E-state index in [0.717, 1.165) is 16.9 Å². The van der Waals surface area contributed by atoms with Crippen LogP contribution in [0.15, 0.2) is 125 Å². The van der Waals surface area contributed by atoms with Crippen molar-refractivity contribution in [3.63, 3.8) is 0 Å². The smallest absolute Gasteiger partial charge is 0.296 e. The van der Waals surface area contributed by atoms with Gasteiger partial charge >= 0.3 is 0 Å². The lowest BCUT2D eigenvalue weighted by atomic mass is 10.1. The summed E-state index contributed by atoms with van der Waals surface area (Å²) in [5.74, 6) is -0.844. The topological polar surface area (TPSA) is 257 Å². The normalized spacial score (nSPS) is 12.7. The number of hydrogen-bond acceptors (Lipinski definition) is 16. The fraction of sp³-hybridized carbons (Fsp3) is 0. The van der Waals surface area contributed by atoms with Crippen molar-refractivity contribution in [1.29, 1.82) is 0 Å². The molecule has 0 spiro atoms. The van der Waals surface area contributed by atoms with E-state index in [-0.39, 0.29) is 48.2 Å². The zero-order valence-corrected chi connectivity index (χ0v) is 26.2. The molecule has 240 valence electrons. The number of aromatic hydroxyl groups is 1. The third kappa shape index (κ3) is 7.29. The Labute approximate surface area is 265 Å². The van der Waals surface area contributed by atoms with Gasteiger partial charge in [-0.3, -0.25) is 4.55 Å². The number of anilines is 1. The summed E-state index contributed by atoms with van der Waals surface area (Å²) >= 11 is 0.374. The second-order valence-corrected chi connectivity index (χ2v) is 14.7. The first-order valence-corrected chi connectivity index (χ1v) is 17.4. The summed E-state index contributed by atoms with van der Waals surface area (Å²) < 4.78 is 86.9. The van der Waals surface area contributed by atoms with E-state index in [1.54, 1.807) is 0 Å². The zero-order chi connectivity index (χ0) is 33.9. The van der Waals surface area contributed by atoms with E-state index in [2.05, 4.69) is 43.0 Å². The summed E-state index contributed by atoms with van der Waals surface area (Å²) in [6, 6.07) is 12.3. The molecule has 0 radical (unpaired) electrons. The van der Waals surface area contributed by atoms with Crippen molar-refractivity contribution in [3.05, 3.63) is 84.6 Å². The van der Waals surface area contributed by atoms with Crippen LogP contribution in [0.3, 0.4) is 0 Å².